The van der Waals surface area contributed by atoms with Crippen molar-refractivity contribution in [3.05, 3.63) is 77.8 Å². The van der Waals surface area contributed by atoms with Gasteiger partial charge in [-0.05, 0) is 37.1 Å². The van der Waals surface area contributed by atoms with Crippen molar-refractivity contribution < 1.29 is 4.79 Å². The number of benzene rings is 2. The Morgan fingerprint density at radius 2 is 1.52 bits per heavy atom. The quantitative estimate of drug-likeness (QED) is 0.521. The number of nitrogens with one attached hydrogen (secondary N) is 2. The minimum absolute atomic E-state index is 0.0840. The first-order valence-electron chi connectivity index (χ1n) is 7.89. The molecule has 25 heavy (non-hydrogen) atoms. The van der Waals surface area contributed by atoms with Crippen LogP contribution in [0.4, 0.5) is 17.1 Å². The van der Waals surface area contributed by atoms with Crippen molar-refractivity contribution in [2.75, 3.05) is 10.6 Å². The standard InChI is InChI=1S/C20H20Cl2N2O/c1-3-8-14(9-4-2)20(25)24-18-13-6-5-12-17(18)23-19-15(21)10-7-11-16(19)22/h3-7,10-14,23H,1-2,8-9H2,(H,24,25). The van der Waals surface area contributed by atoms with E-state index in [2.05, 4.69) is 23.8 Å². The molecule has 0 atom stereocenters. The fourth-order valence-electron chi connectivity index (χ4n) is 2.40. The predicted molar refractivity (Wildman–Crippen MR) is 108 cm³/mol. The van der Waals surface area contributed by atoms with Crippen LogP contribution < -0.4 is 10.6 Å². The summed E-state index contributed by atoms with van der Waals surface area (Å²) in [5.74, 6) is -0.286. The maximum Gasteiger partial charge on any atom is 0.228 e. The number of carbonyl (C=O) groups is 1. The molecule has 0 spiro atoms. The molecular formula is C20H20Cl2N2O. The van der Waals surface area contributed by atoms with Crippen LogP contribution >= 0.6 is 23.2 Å². The molecule has 0 unspecified atom stereocenters. The van der Waals surface area contributed by atoms with Crippen LogP contribution in [0.25, 0.3) is 0 Å². The summed E-state index contributed by atoms with van der Waals surface area (Å²) < 4.78 is 0. The van der Waals surface area contributed by atoms with Crippen LogP contribution in [-0.4, -0.2) is 5.91 Å². The van der Waals surface area contributed by atoms with Crippen LogP contribution in [-0.2, 0) is 4.79 Å². The molecule has 2 rings (SSSR count). The molecule has 0 bridgehead atoms. The fraction of sp³-hybridized carbons (Fsp3) is 0.150. The van der Waals surface area contributed by atoms with E-state index in [1.807, 2.05) is 24.3 Å². The Labute approximate surface area is 158 Å². The van der Waals surface area contributed by atoms with Gasteiger partial charge in [-0.25, -0.2) is 0 Å². The maximum absolute atomic E-state index is 12.5. The summed E-state index contributed by atoms with van der Waals surface area (Å²) in [5.41, 5.74) is 1.96. The number of carbonyl (C=O) groups excluding carboxylic acids is 1. The minimum atomic E-state index is -0.202. The largest absolute Gasteiger partial charge is 0.351 e. The number of anilines is 3. The first-order valence-corrected chi connectivity index (χ1v) is 8.65. The number of amides is 1. The van der Waals surface area contributed by atoms with Crippen LogP contribution in [0, 0.1) is 5.92 Å². The van der Waals surface area contributed by atoms with E-state index in [1.165, 1.54) is 0 Å². The highest BCUT2D eigenvalue weighted by Gasteiger charge is 2.17. The predicted octanol–water partition coefficient (Wildman–Crippen LogP) is 6.44. The van der Waals surface area contributed by atoms with Gasteiger partial charge in [0, 0.05) is 5.92 Å². The Bertz CT molecular complexity index is 744. The monoisotopic (exact) mass is 374 g/mol. The summed E-state index contributed by atoms with van der Waals surface area (Å²) >= 11 is 12.4. The first kappa shape index (κ1) is 19.1. The molecule has 0 saturated heterocycles. The smallest absolute Gasteiger partial charge is 0.228 e. The molecule has 0 radical (unpaired) electrons. The van der Waals surface area contributed by atoms with Crippen molar-refractivity contribution in [2.24, 2.45) is 5.92 Å². The highest BCUT2D eigenvalue weighted by molar-refractivity contribution is 6.39. The van der Waals surface area contributed by atoms with Gasteiger partial charge in [0.25, 0.3) is 0 Å². The molecule has 0 aliphatic heterocycles. The lowest BCUT2D eigenvalue weighted by Gasteiger charge is -2.17. The third-order valence-corrected chi connectivity index (χ3v) is 4.31. The Morgan fingerprint density at radius 3 is 2.08 bits per heavy atom. The Balaban J connectivity index is 2.24. The maximum atomic E-state index is 12.5. The minimum Gasteiger partial charge on any atom is -0.351 e. The van der Waals surface area contributed by atoms with Crippen molar-refractivity contribution in [1.82, 2.24) is 0 Å². The van der Waals surface area contributed by atoms with Gasteiger partial charge in [0.2, 0.25) is 5.91 Å². The van der Waals surface area contributed by atoms with E-state index < -0.39 is 0 Å². The highest BCUT2D eigenvalue weighted by Crippen LogP contribution is 2.35. The number of hydrogen-bond acceptors (Lipinski definition) is 2. The van der Waals surface area contributed by atoms with E-state index in [0.29, 0.717) is 39.9 Å². The van der Waals surface area contributed by atoms with Crippen molar-refractivity contribution >= 4 is 46.2 Å². The third-order valence-electron chi connectivity index (χ3n) is 3.68. The molecule has 0 aliphatic carbocycles. The summed E-state index contributed by atoms with van der Waals surface area (Å²) in [6.07, 6.45) is 4.65. The van der Waals surface area contributed by atoms with Gasteiger partial charge in [-0.3, -0.25) is 4.79 Å². The molecule has 3 nitrogen and oxygen atoms in total. The second kappa shape index (κ2) is 9.30. The van der Waals surface area contributed by atoms with Crippen LogP contribution in [0.3, 0.4) is 0 Å². The molecule has 0 saturated carbocycles. The first-order chi connectivity index (χ1) is 12.1. The number of halogens is 2. The molecule has 130 valence electrons. The summed E-state index contributed by atoms with van der Waals surface area (Å²) in [6.45, 7) is 7.42. The van der Waals surface area contributed by atoms with Gasteiger partial charge >= 0.3 is 0 Å². The zero-order valence-electron chi connectivity index (χ0n) is 13.8. The lowest BCUT2D eigenvalue weighted by atomic mass is 10.0. The van der Waals surface area contributed by atoms with Crippen LogP contribution in [0.5, 0.6) is 0 Å². The Morgan fingerprint density at radius 1 is 0.960 bits per heavy atom. The zero-order valence-corrected chi connectivity index (χ0v) is 15.3. The topological polar surface area (TPSA) is 41.1 Å². The number of hydrogen-bond donors (Lipinski definition) is 2. The van der Waals surface area contributed by atoms with Gasteiger partial charge < -0.3 is 10.6 Å². The van der Waals surface area contributed by atoms with E-state index in [4.69, 9.17) is 23.2 Å². The highest BCUT2D eigenvalue weighted by atomic mass is 35.5. The molecule has 0 heterocycles. The lowest BCUT2D eigenvalue weighted by Crippen LogP contribution is -2.22. The summed E-state index contributed by atoms with van der Waals surface area (Å²) in [7, 11) is 0. The molecule has 5 heteroatoms. The van der Waals surface area contributed by atoms with Gasteiger partial charge in [0.15, 0.2) is 0 Å². The normalized spacial score (nSPS) is 10.4. The summed E-state index contributed by atoms with van der Waals surface area (Å²) in [6, 6.07) is 12.7. The van der Waals surface area contributed by atoms with Crippen molar-refractivity contribution in [2.45, 2.75) is 12.8 Å². The fourth-order valence-corrected chi connectivity index (χ4v) is 2.89. The van der Waals surface area contributed by atoms with Gasteiger partial charge in [0.05, 0.1) is 27.1 Å². The van der Waals surface area contributed by atoms with E-state index in [-0.39, 0.29) is 11.8 Å². The molecule has 2 aromatic carbocycles. The second-order valence-electron chi connectivity index (χ2n) is 5.50. The average molecular weight is 375 g/mol. The molecule has 2 N–H and O–H groups in total. The van der Waals surface area contributed by atoms with Crippen molar-refractivity contribution in [1.29, 1.82) is 0 Å². The average Bonchev–Trinajstić information content (AvgIpc) is 2.59. The van der Waals surface area contributed by atoms with Crippen LogP contribution in [0.15, 0.2) is 67.8 Å². The van der Waals surface area contributed by atoms with Gasteiger partial charge in [-0.2, -0.15) is 0 Å². The molecule has 1 amide bonds. The molecule has 0 fully saturated rings. The second-order valence-corrected chi connectivity index (χ2v) is 6.32. The third kappa shape index (κ3) is 5.12. The SMILES string of the molecule is C=CCC(CC=C)C(=O)Nc1ccccc1Nc1c(Cl)cccc1Cl. The Hall–Kier alpha value is -2.23. The number of allylic oxidation sites excluding steroid dienone is 2. The molecular weight excluding hydrogens is 355 g/mol. The van der Waals surface area contributed by atoms with E-state index in [9.17, 15) is 4.79 Å². The number of para-hydroxylation sites is 3. The van der Waals surface area contributed by atoms with Gasteiger partial charge in [-0.15, -0.1) is 13.2 Å². The molecule has 0 aromatic heterocycles. The molecule has 0 aliphatic rings. The van der Waals surface area contributed by atoms with Gasteiger partial charge in [0.1, 0.15) is 0 Å². The summed E-state index contributed by atoms with van der Waals surface area (Å²) in [4.78, 5) is 12.5. The lowest BCUT2D eigenvalue weighted by molar-refractivity contribution is -0.119. The van der Waals surface area contributed by atoms with Crippen molar-refractivity contribution in [3.63, 3.8) is 0 Å². The zero-order chi connectivity index (χ0) is 18.2. The van der Waals surface area contributed by atoms with E-state index >= 15 is 0 Å². The van der Waals surface area contributed by atoms with E-state index in [1.54, 1.807) is 30.4 Å². The van der Waals surface area contributed by atoms with E-state index in [0.717, 1.165) is 0 Å². The number of rotatable bonds is 8. The Kier molecular flexibility index (Phi) is 7.11. The van der Waals surface area contributed by atoms with Crippen LogP contribution in [0.2, 0.25) is 10.0 Å². The van der Waals surface area contributed by atoms with Crippen LogP contribution in [0.1, 0.15) is 12.8 Å². The molecule has 2 aromatic rings. The van der Waals surface area contributed by atoms with Gasteiger partial charge in [-0.1, -0.05) is 53.6 Å². The van der Waals surface area contributed by atoms with Crippen molar-refractivity contribution in [3.8, 4) is 0 Å². The summed E-state index contributed by atoms with van der Waals surface area (Å²) in [5, 5.41) is 7.16.